The van der Waals surface area contributed by atoms with E-state index in [2.05, 4.69) is 10.3 Å². The summed E-state index contributed by atoms with van der Waals surface area (Å²) in [6.07, 6.45) is 1.42. The minimum absolute atomic E-state index is 0.106. The predicted octanol–water partition coefficient (Wildman–Crippen LogP) is 1.99. The van der Waals surface area contributed by atoms with Crippen LogP contribution >= 0.6 is 11.3 Å². The molecule has 0 radical (unpaired) electrons. The Balaban J connectivity index is 2.21. The van der Waals surface area contributed by atoms with Crippen molar-refractivity contribution in [1.29, 1.82) is 0 Å². The number of nitrogens with one attached hydrogen (secondary N) is 1. The summed E-state index contributed by atoms with van der Waals surface area (Å²) in [5, 5.41) is 12.4. The molecule has 1 aromatic carbocycles. The fourth-order valence-corrected chi connectivity index (χ4v) is 1.90. The molecule has 1 amide bonds. The van der Waals surface area contributed by atoms with Crippen LogP contribution in [-0.4, -0.2) is 16.0 Å². The Morgan fingerprint density at radius 2 is 2.29 bits per heavy atom. The second-order valence-corrected chi connectivity index (χ2v) is 4.58. The van der Waals surface area contributed by atoms with Gasteiger partial charge < -0.3 is 16.2 Å². The van der Waals surface area contributed by atoms with E-state index < -0.39 is 0 Å². The first-order chi connectivity index (χ1) is 8.06. The lowest BCUT2D eigenvalue weighted by molar-refractivity contribution is 0.103. The number of thiazole rings is 1. The Hall–Kier alpha value is -2.08. The van der Waals surface area contributed by atoms with Crippen LogP contribution < -0.4 is 11.1 Å². The average Bonchev–Trinajstić information content (AvgIpc) is 2.70. The number of benzene rings is 1. The normalized spacial score (nSPS) is 10.2. The molecule has 0 saturated carbocycles. The Kier molecular flexibility index (Phi) is 2.97. The van der Waals surface area contributed by atoms with E-state index in [0.717, 1.165) is 16.9 Å². The molecular weight excluding hydrogens is 238 g/mol. The highest BCUT2D eigenvalue weighted by molar-refractivity contribution is 7.17. The van der Waals surface area contributed by atoms with Crippen LogP contribution in [0.5, 0.6) is 5.75 Å². The number of phenols is 1. The second-order valence-electron chi connectivity index (χ2n) is 3.52. The maximum atomic E-state index is 11.8. The first-order valence-electron chi connectivity index (χ1n) is 4.88. The number of aryl methyl sites for hydroxylation is 1. The molecule has 0 spiro atoms. The van der Waals surface area contributed by atoms with E-state index in [1.54, 1.807) is 12.1 Å². The number of carbonyl (C=O) groups excluding carboxylic acids is 1. The quantitative estimate of drug-likeness (QED) is 0.759. The molecule has 2 aromatic rings. The molecule has 4 N–H and O–H groups in total. The number of nitrogens with two attached hydrogens (primary N) is 1. The van der Waals surface area contributed by atoms with Crippen molar-refractivity contribution >= 4 is 28.1 Å². The van der Waals surface area contributed by atoms with Crippen LogP contribution in [0.4, 0.5) is 10.8 Å². The molecule has 0 atom stereocenters. The third kappa shape index (κ3) is 2.54. The van der Waals surface area contributed by atoms with Gasteiger partial charge in [-0.3, -0.25) is 4.79 Å². The summed E-state index contributed by atoms with van der Waals surface area (Å²) in [7, 11) is 0. The Morgan fingerprint density at radius 3 is 2.94 bits per heavy atom. The minimum atomic E-state index is -0.284. The fraction of sp³-hybridized carbons (Fsp3) is 0.0909. The van der Waals surface area contributed by atoms with E-state index in [1.807, 2.05) is 6.92 Å². The van der Waals surface area contributed by atoms with Crippen LogP contribution in [0.15, 0.2) is 24.4 Å². The van der Waals surface area contributed by atoms with Crippen molar-refractivity contribution in [2.24, 2.45) is 0 Å². The molecule has 6 heteroatoms. The van der Waals surface area contributed by atoms with Crippen LogP contribution in [0.2, 0.25) is 0 Å². The second kappa shape index (κ2) is 4.42. The first-order valence-corrected chi connectivity index (χ1v) is 5.70. The summed E-state index contributed by atoms with van der Waals surface area (Å²) >= 11 is 1.12. The summed E-state index contributed by atoms with van der Waals surface area (Å²) in [4.78, 5) is 16.1. The summed E-state index contributed by atoms with van der Waals surface area (Å²) in [6, 6.07) is 4.79. The van der Waals surface area contributed by atoms with E-state index in [1.165, 1.54) is 12.3 Å². The first kappa shape index (κ1) is 11.4. The summed E-state index contributed by atoms with van der Waals surface area (Å²) < 4.78 is 0. The van der Waals surface area contributed by atoms with Gasteiger partial charge >= 0.3 is 0 Å². The van der Waals surface area contributed by atoms with Crippen molar-refractivity contribution in [2.45, 2.75) is 6.92 Å². The molecule has 0 saturated heterocycles. The predicted molar refractivity (Wildman–Crippen MR) is 67.3 cm³/mol. The van der Waals surface area contributed by atoms with E-state index in [0.29, 0.717) is 15.7 Å². The van der Waals surface area contributed by atoms with Crippen LogP contribution in [0.3, 0.4) is 0 Å². The maximum absolute atomic E-state index is 11.8. The number of nitrogens with zero attached hydrogens (tertiary/aromatic N) is 1. The number of aromatic hydroxyl groups is 1. The van der Waals surface area contributed by atoms with Crippen molar-refractivity contribution in [3.05, 3.63) is 34.8 Å². The fourth-order valence-electron chi connectivity index (χ4n) is 1.32. The Labute approximate surface area is 102 Å². The van der Waals surface area contributed by atoms with Crippen molar-refractivity contribution < 1.29 is 9.90 Å². The number of rotatable bonds is 2. The number of amides is 1. The van der Waals surface area contributed by atoms with Gasteiger partial charge in [-0.15, -0.1) is 0 Å². The SMILES string of the molecule is Cc1ccc(O)cc1NC(=O)c1cnc(N)s1. The van der Waals surface area contributed by atoms with E-state index in [9.17, 15) is 9.90 Å². The minimum Gasteiger partial charge on any atom is -0.508 e. The third-order valence-corrected chi connectivity index (χ3v) is 3.04. The number of anilines is 2. The van der Waals surface area contributed by atoms with Gasteiger partial charge in [0, 0.05) is 11.8 Å². The van der Waals surface area contributed by atoms with Gasteiger partial charge in [0.15, 0.2) is 5.13 Å². The van der Waals surface area contributed by atoms with Gasteiger partial charge in [0.1, 0.15) is 10.6 Å². The molecule has 1 heterocycles. The Morgan fingerprint density at radius 1 is 1.53 bits per heavy atom. The molecular formula is C11H11N3O2S. The number of phenolic OH excluding ortho intramolecular Hbond substituents is 1. The molecule has 1 aromatic heterocycles. The monoisotopic (exact) mass is 249 g/mol. The lowest BCUT2D eigenvalue weighted by Crippen LogP contribution is -2.11. The highest BCUT2D eigenvalue weighted by Crippen LogP contribution is 2.22. The van der Waals surface area contributed by atoms with Crippen molar-refractivity contribution in [3.63, 3.8) is 0 Å². The smallest absolute Gasteiger partial charge is 0.267 e. The van der Waals surface area contributed by atoms with E-state index in [4.69, 9.17) is 5.73 Å². The number of hydrogen-bond acceptors (Lipinski definition) is 5. The lowest BCUT2D eigenvalue weighted by atomic mass is 10.2. The number of hydrogen-bond donors (Lipinski definition) is 3. The average molecular weight is 249 g/mol. The third-order valence-electron chi connectivity index (χ3n) is 2.22. The van der Waals surface area contributed by atoms with Gasteiger partial charge in [-0.1, -0.05) is 17.4 Å². The van der Waals surface area contributed by atoms with Crippen LogP contribution in [0.1, 0.15) is 15.2 Å². The molecule has 0 fully saturated rings. The Bertz CT molecular complexity index is 566. The topological polar surface area (TPSA) is 88.2 Å². The molecule has 2 rings (SSSR count). The molecule has 5 nitrogen and oxygen atoms in total. The summed E-state index contributed by atoms with van der Waals surface area (Å²) in [5.74, 6) is -0.178. The zero-order valence-corrected chi connectivity index (χ0v) is 9.91. The highest BCUT2D eigenvalue weighted by Gasteiger charge is 2.11. The molecule has 88 valence electrons. The summed E-state index contributed by atoms with van der Waals surface area (Å²) in [5.41, 5.74) is 6.89. The lowest BCUT2D eigenvalue weighted by Gasteiger charge is -2.07. The molecule has 17 heavy (non-hydrogen) atoms. The van der Waals surface area contributed by atoms with Crippen molar-refractivity contribution in [3.8, 4) is 5.75 Å². The van der Waals surface area contributed by atoms with Crippen molar-refractivity contribution in [2.75, 3.05) is 11.1 Å². The van der Waals surface area contributed by atoms with Gasteiger partial charge in [-0.25, -0.2) is 4.98 Å². The number of aromatic nitrogens is 1. The van der Waals surface area contributed by atoms with Gasteiger partial charge in [-0.2, -0.15) is 0 Å². The standard InChI is InChI=1S/C11H11N3O2S/c1-6-2-3-7(15)4-8(6)14-10(16)9-5-13-11(12)17-9/h2-5,15H,1H3,(H2,12,13)(H,14,16). The van der Waals surface area contributed by atoms with Gasteiger partial charge in [0.2, 0.25) is 0 Å². The molecule has 0 bridgehead atoms. The van der Waals surface area contributed by atoms with Gasteiger partial charge in [-0.05, 0) is 18.6 Å². The highest BCUT2D eigenvalue weighted by atomic mass is 32.1. The zero-order valence-electron chi connectivity index (χ0n) is 9.10. The van der Waals surface area contributed by atoms with Crippen LogP contribution in [0, 0.1) is 6.92 Å². The van der Waals surface area contributed by atoms with E-state index in [-0.39, 0.29) is 11.7 Å². The van der Waals surface area contributed by atoms with E-state index >= 15 is 0 Å². The summed E-state index contributed by atoms with van der Waals surface area (Å²) in [6.45, 7) is 1.84. The maximum Gasteiger partial charge on any atom is 0.267 e. The number of nitrogen functional groups attached to an aromatic ring is 1. The molecule has 0 aliphatic rings. The number of carbonyl (C=O) groups is 1. The van der Waals surface area contributed by atoms with Gasteiger partial charge in [0.25, 0.3) is 5.91 Å². The largest absolute Gasteiger partial charge is 0.508 e. The molecule has 0 aliphatic carbocycles. The molecule has 0 aliphatic heterocycles. The van der Waals surface area contributed by atoms with Crippen LogP contribution in [-0.2, 0) is 0 Å². The van der Waals surface area contributed by atoms with Crippen molar-refractivity contribution in [1.82, 2.24) is 4.98 Å². The molecule has 0 unspecified atom stereocenters. The van der Waals surface area contributed by atoms with Crippen LogP contribution in [0.25, 0.3) is 0 Å². The van der Waals surface area contributed by atoms with Gasteiger partial charge in [0.05, 0.1) is 6.20 Å². The zero-order chi connectivity index (χ0) is 12.4.